The van der Waals surface area contributed by atoms with Crippen LogP contribution < -0.4 is 4.90 Å². The Hall–Kier alpha value is -0.830. The number of amides is 1. The summed E-state index contributed by atoms with van der Waals surface area (Å²) in [4.78, 5) is 13.2. The van der Waals surface area contributed by atoms with E-state index >= 15 is 0 Å². The number of rotatable bonds is 1. The maximum absolute atomic E-state index is 11.4. The van der Waals surface area contributed by atoms with Crippen molar-refractivity contribution < 1.29 is 4.79 Å². The maximum Gasteiger partial charge on any atom is 0.223 e. The van der Waals surface area contributed by atoms with Crippen molar-refractivity contribution in [2.45, 2.75) is 32.6 Å². The molecule has 0 heterocycles. The second kappa shape index (κ2) is 4.58. The zero-order chi connectivity index (χ0) is 11.7. The van der Waals surface area contributed by atoms with Crippen LogP contribution in [0.25, 0.3) is 0 Å². The zero-order valence-electron chi connectivity index (χ0n) is 9.72. The van der Waals surface area contributed by atoms with Gasteiger partial charge in [-0.15, -0.1) is 0 Å². The number of halogens is 1. The largest absolute Gasteiger partial charge is 0.315 e. The van der Waals surface area contributed by atoms with Crippen LogP contribution in [0.3, 0.4) is 0 Å². The molecule has 2 rings (SSSR count). The fourth-order valence-corrected chi connectivity index (χ4v) is 2.86. The average molecular weight is 282 g/mol. The highest BCUT2D eigenvalue weighted by atomic mass is 79.9. The Morgan fingerprint density at radius 3 is 2.50 bits per heavy atom. The van der Waals surface area contributed by atoms with E-state index in [4.69, 9.17) is 0 Å². The monoisotopic (exact) mass is 281 g/mol. The number of nitrogens with zero attached hydrogens (tertiary/aromatic N) is 1. The van der Waals surface area contributed by atoms with E-state index < -0.39 is 0 Å². The lowest BCUT2D eigenvalue weighted by atomic mass is 9.90. The lowest BCUT2D eigenvalue weighted by molar-refractivity contribution is -0.116. The first-order valence-electron chi connectivity index (χ1n) is 5.66. The molecule has 86 valence electrons. The van der Waals surface area contributed by atoms with Crippen molar-refractivity contribution in [1.29, 1.82) is 0 Å². The standard InChI is InChI=1S/C13H16BrNO/c1-9(16)15(2)13-8-7-12(14)10-5-3-4-6-11(10)13/h7-8H,3-6H2,1-2H3. The minimum Gasteiger partial charge on any atom is -0.315 e. The van der Waals surface area contributed by atoms with Gasteiger partial charge in [0, 0.05) is 24.1 Å². The van der Waals surface area contributed by atoms with Crippen molar-refractivity contribution in [3.63, 3.8) is 0 Å². The van der Waals surface area contributed by atoms with Gasteiger partial charge in [0.2, 0.25) is 5.91 Å². The molecule has 0 spiro atoms. The number of hydrogen-bond donors (Lipinski definition) is 0. The summed E-state index contributed by atoms with van der Waals surface area (Å²) >= 11 is 3.60. The van der Waals surface area contributed by atoms with Crippen molar-refractivity contribution in [3.05, 3.63) is 27.7 Å². The highest BCUT2D eigenvalue weighted by Crippen LogP contribution is 2.34. The van der Waals surface area contributed by atoms with Crippen LogP contribution in [-0.4, -0.2) is 13.0 Å². The molecule has 0 saturated carbocycles. The fraction of sp³-hybridized carbons (Fsp3) is 0.462. The summed E-state index contributed by atoms with van der Waals surface area (Å²) in [6.45, 7) is 1.61. The Morgan fingerprint density at radius 1 is 1.25 bits per heavy atom. The van der Waals surface area contributed by atoms with Gasteiger partial charge in [-0.25, -0.2) is 0 Å². The number of benzene rings is 1. The van der Waals surface area contributed by atoms with Gasteiger partial charge in [0.15, 0.2) is 0 Å². The Morgan fingerprint density at radius 2 is 1.88 bits per heavy atom. The van der Waals surface area contributed by atoms with Gasteiger partial charge < -0.3 is 4.90 Å². The fourth-order valence-electron chi connectivity index (χ4n) is 2.29. The molecule has 1 aliphatic carbocycles. The third kappa shape index (κ3) is 2.01. The molecule has 1 aliphatic rings. The first kappa shape index (κ1) is 11.6. The molecular formula is C13H16BrNO. The van der Waals surface area contributed by atoms with E-state index in [-0.39, 0.29) is 5.91 Å². The number of anilines is 1. The maximum atomic E-state index is 11.4. The SMILES string of the molecule is CC(=O)N(C)c1ccc(Br)c2c1CCCC2. The van der Waals surface area contributed by atoms with Gasteiger partial charge in [0.25, 0.3) is 0 Å². The van der Waals surface area contributed by atoms with Crippen LogP contribution >= 0.6 is 15.9 Å². The van der Waals surface area contributed by atoms with E-state index in [9.17, 15) is 4.79 Å². The predicted molar refractivity (Wildman–Crippen MR) is 69.9 cm³/mol. The third-order valence-corrected chi connectivity index (χ3v) is 4.03. The molecule has 0 aromatic heterocycles. The predicted octanol–water partition coefficient (Wildman–Crippen LogP) is 3.31. The van der Waals surface area contributed by atoms with Crippen LogP contribution in [0.2, 0.25) is 0 Å². The lowest BCUT2D eigenvalue weighted by Crippen LogP contribution is -2.25. The summed E-state index contributed by atoms with van der Waals surface area (Å²) < 4.78 is 1.18. The molecule has 16 heavy (non-hydrogen) atoms. The van der Waals surface area contributed by atoms with Gasteiger partial charge in [-0.2, -0.15) is 0 Å². The Labute approximate surface area is 105 Å². The topological polar surface area (TPSA) is 20.3 Å². The average Bonchev–Trinajstić information content (AvgIpc) is 2.29. The molecule has 0 saturated heterocycles. The molecule has 0 radical (unpaired) electrons. The second-order valence-electron chi connectivity index (χ2n) is 4.31. The van der Waals surface area contributed by atoms with E-state index in [0.717, 1.165) is 18.5 Å². The minimum atomic E-state index is 0.0927. The van der Waals surface area contributed by atoms with E-state index in [1.807, 2.05) is 13.1 Å². The molecular weight excluding hydrogens is 266 g/mol. The van der Waals surface area contributed by atoms with Crippen LogP contribution in [0.4, 0.5) is 5.69 Å². The van der Waals surface area contributed by atoms with Crippen molar-refractivity contribution in [2.75, 3.05) is 11.9 Å². The van der Waals surface area contributed by atoms with Crippen LogP contribution in [-0.2, 0) is 17.6 Å². The van der Waals surface area contributed by atoms with Crippen molar-refractivity contribution in [2.24, 2.45) is 0 Å². The van der Waals surface area contributed by atoms with E-state index in [0.29, 0.717) is 0 Å². The number of carbonyl (C=O) groups excluding carboxylic acids is 1. The van der Waals surface area contributed by atoms with Gasteiger partial charge in [-0.05, 0) is 48.9 Å². The smallest absolute Gasteiger partial charge is 0.223 e. The number of hydrogen-bond acceptors (Lipinski definition) is 1. The highest BCUT2D eigenvalue weighted by molar-refractivity contribution is 9.10. The molecule has 2 nitrogen and oxygen atoms in total. The van der Waals surface area contributed by atoms with Crippen LogP contribution in [0, 0.1) is 0 Å². The molecule has 3 heteroatoms. The van der Waals surface area contributed by atoms with Crippen molar-refractivity contribution >= 4 is 27.5 Å². The molecule has 0 bridgehead atoms. The third-order valence-electron chi connectivity index (χ3n) is 3.29. The molecule has 1 aromatic carbocycles. The van der Waals surface area contributed by atoms with E-state index in [1.54, 1.807) is 11.8 Å². The summed E-state index contributed by atoms with van der Waals surface area (Å²) in [5.41, 5.74) is 3.81. The van der Waals surface area contributed by atoms with Crippen LogP contribution in [0.5, 0.6) is 0 Å². The van der Waals surface area contributed by atoms with Gasteiger partial charge in [-0.1, -0.05) is 15.9 Å². The van der Waals surface area contributed by atoms with Gasteiger partial charge >= 0.3 is 0 Å². The molecule has 1 amide bonds. The molecule has 1 aromatic rings. The normalized spacial score (nSPS) is 14.4. The van der Waals surface area contributed by atoms with Gasteiger partial charge in [0.1, 0.15) is 0 Å². The number of carbonyl (C=O) groups is 1. The summed E-state index contributed by atoms with van der Waals surface area (Å²) in [6, 6.07) is 4.09. The lowest BCUT2D eigenvalue weighted by Gasteiger charge is -2.25. The minimum absolute atomic E-state index is 0.0927. The van der Waals surface area contributed by atoms with Crippen molar-refractivity contribution in [3.8, 4) is 0 Å². The van der Waals surface area contributed by atoms with E-state index in [2.05, 4.69) is 22.0 Å². The second-order valence-corrected chi connectivity index (χ2v) is 5.16. The van der Waals surface area contributed by atoms with E-state index in [1.165, 1.54) is 28.4 Å². The van der Waals surface area contributed by atoms with Gasteiger partial charge in [-0.3, -0.25) is 4.79 Å². The molecule has 0 unspecified atom stereocenters. The zero-order valence-corrected chi connectivity index (χ0v) is 11.3. The summed E-state index contributed by atoms with van der Waals surface area (Å²) in [6.07, 6.45) is 4.68. The quantitative estimate of drug-likeness (QED) is 0.774. The summed E-state index contributed by atoms with van der Waals surface area (Å²) in [7, 11) is 1.85. The summed E-state index contributed by atoms with van der Waals surface area (Å²) in [5.74, 6) is 0.0927. The van der Waals surface area contributed by atoms with Crippen LogP contribution in [0.15, 0.2) is 16.6 Å². The first-order chi connectivity index (χ1) is 7.61. The Kier molecular flexibility index (Phi) is 3.33. The van der Waals surface area contributed by atoms with Crippen molar-refractivity contribution in [1.82, 2.24) is 0 Å². The molecule has 0 N–H and O–H groups in total. The Balaban J connectivity index is 2.50. The van der Waals surface area contributed by atoms with Gasteiger partial charge in [0.05, 0.1) is 0 Å². The Bertz CT molecular complexity index is 428. The molecule has 0 fully saturated rings. The number of fused-ring (bicyclic) bond motifs is 1. The molecule has 0 atom stereocenters. The highest BCUT2D eigenvalue weighted by Gasteiger charge is 2.19. The van der Waals surface area contributed by atoms with Crippen LogP contribution in [0.1, 0.15) is 30.9 Å². The summed E-state index contributed by atoms with van der Waals surface area (Å²) in [5, 5.41) is 0. The molecule has 0 aliphatic heterocycles. The first-order valence-corrected chi connectivity index (χ1v) is 6.45.